The molecule has 0 atom stereocenters. The van der Waals surface area contributed by atoms with Crippen LogP contribution in [0.3, 0.4) is 0 Å². The lowest BCUT2D eigenvalue weighted by Crippen LogP contribution is -2.47. The Kier molecular flexibility index (Phi) is 5.28. The van der Waals surface area contributed by atoms with Gasteiger partial charge in [0.1, 0.15) is 9.84 Å². The number of nitrogens with one attached hydrogen (secondary N) is 1. The molecule has 118 valence electrons. The van der Waals surface area contributed by atoms with E-state index in [9.17, 15) is 13.2 Å². The maximum Gasteiger partial charge on any atom is 0.225 e. The van der Waals surface area contributed by atoms with Gasteiger partial charge >= 0.3 is 0 Å². The maximum atomic E-state index is 12.4. The molecule has 0 spiro atoms. The lowest BCUT2D eigenvalue weighted by molar-refractivity contribution is -0.131. The second-order valence-corrected chi connectivity index (χ2v) is 9.78. The van der Waals surface area contributed by atoms with Crippen molar-refractivity contribution in [3.8, 4) is 0 Å². The van der Waals surface area contributed by atoms with E-state index in [0.717, 1.165) is 12.8 Å². The van der Waals surface area contributed by atoms with E-state index in [1.807, 2.05) is 13.8 Å². The summed E-state index contributed by atoms with van der Waals surface area (Å²) in [5.74, 6) is 0.431. The molecule has 5 heteroatoms. The molecule has 20 heavy (non-hydrogen) atoms. The summed E-state index contributed by atoms with van der Waals surface area (Å²) >= 11 is 0. The number of rotatable bonds is 5. The van der Waals surface area contributed by atoms with Crippen LogP contribution in [-0.2, 0) is 14.6 Å². The summed E-state index contributed by atoms with van der Waals surface area (Å²) in [4.78, 5) is 12.4. The van der Waals surface area contributed by atoms with Gasteiger partial charge in [-0.15, -0.1) is 0 Å². The zero-order chi connectivity index (χ0) is 15.6. The van der Waals surface area contributed by atoms with Gasteiger partial charge < -0.3 is 5.32 Å². The molecular weight excluding hydrogens is 274 g/mol. The van der Waals surface area contributed by atoms with Gasteiger partial charge in [-0.05, 0) is 24.7 Å². The molecule has 0 saturated carbocycles. The van der Waals surface area contributed by atoms with E-state index in [0.29, 0.717) is 12.8 Å². The first kappa shape index (κ1) is 17.5. The van der Waals surface area contributed by atoms with E-state index >= 15 is 0 Å². The molecule has 1 fully saturated rings. The van der Waals surface area contributed by atoms with Gasteiger partial charge in [-0.3, -0.25) is 4.79 Å². The van der Waals surface area contributed by atoms with Gasteiger partial charge in [-0.2, -0.15) is 0 Å². The molecule has 0 aromatic rings. The van der Waals surface area contributed by atoms with Crippen molar-refractivity contribution < 1.29 is 13.2 Å². The van der Waals surface area contributed by atoms with Crippen LogP contribution >= 0.6 is 0 Å². The number of hydrogen-bond donors (Lipinski definition) is 1. The van der Waals surface area contributed by atoms with Crippen LogP contribution in [0.15, 0.2) is 0 Å². The van der Waals surface area contributed by atoms with Crippen molar-refractivity contribution in [2.45, 2.75) is 66.3 Å². The highest BCUT2D eigenvalue weighted by molar-refractivity contribution is 7.91. The lowest BCUT2D eigenvalue weighted by Gasteiger charge is -2.35. The standard InChI is InChI=1S/C15H29NO3S/c1-6-14(2,3)11-15(4,5)13(17)16-12-7-9-20(18,19)10-8-12/h12H,6-11H2,1-5H3,(H,16,17). The Bertz CT molecular complexity index is 438. The summed E-state index contributed by atoms with van der Waals surface area (Å²) in [6.07, 6.45) is 2.95. The third-order valence-corrected chi connectivity index (χ3v) is 6.10. The zero-order valence-electron chi connectivity index (χ0n) is 13.5. The Morgan fingerprint density at radius 2 is 1.65 bits per heavy atom. The van der Waals surface area contributed by atoms with E-state index < -0.39 is 15.3 Å². The molecule has 1 aliphatic rings. The molecule has 4 nitrogen and oxygen atoms in total. The average molecular weight is 303 g/mol. The number of hydrogen-bond acceptors (Lipinski definition) is 3. The number of amides is 1. The van der Waals surface area contributed by atoms with Gasteiger partial charge in [-0.25, -0.2) is 8.42 Å². The Labute approximate surface area is 123 Å². The fraction of sp³-hybridized carbons (Fsp3) is 0.933. The first-order valence-corrected chi connectivity index (χ1v) is 9.31. The summed E-state index contributed by atoms with van der Waals surface area (Å²) < 4.78 is 22.8. The highest BCUT2D eigenvalue weighted by Gasteiger charge is 2.35. The minimum absolute atomic E-state index is 0.00930. The largest absolute Gasteiger partial charge is 0.353 e. The molecular formula is C15H29NO3S. The van der Waals surface area contributed by atoms with Crippen LogP contribution in [0.5, 0.6) is 0 Å². The maximum absolute atomic E-state index is 12.4. The molecule has 0 unspecified atom stereocenters. The average Bonchev–Trinajstić information content (AvgIpc) is 2.30. The third kappa shape index (κ3) is 5.08. The summed E-state index contributed by atoms with van der Waals surface area (Å²) in [5.41, 5.74) is -0.285. The molecule has 1 rings (SSSR count). The number of carbonyl (C=O) groups is 1. The van der Waals surface area contributed by atoms with E-state index in [-0.39, 0.29) is 28.9 Å². The third-order valence-electron chi connectivity index (χ3n) is 4.38. The minimum atomic E-state index is -2.87. The number of sulfone groups is 1. The quantitative estimate of drug-likeness (QED) is 0.849. The molecule has 1 N–H and O–H groups in total. The smallest absolute Gasteiger partial charge is 0.225 e. The second-order valence-electron chi connectivity index (χ2n) is 7.48. The summed E-state index contributed by atoms with van der Waals surface area (Å²) in [6, 6.07) is 0.00930. The normalized spacial score (nSPS) is 20.6. The monoisotopic (exact) mass is 303 g/mol. The Morgan fingerprint density at radius 1 is 1.15 bits per heavy atom. The summed E-state index contributed by atoms with van der Waals surface area (Å²) in [7, 11) is -2.87. The Balaban J connectivity index is 2.58. The highest BCUT2D eigenvalue weighted by atomic mass is 32.2. The van der Waals surface area contributed by atoms with Crippen molar-refractivity contribution >= 4 is 15.7 Å². The second kappa shape index (κ2) is 6.04. The van der Waals surface area contributed by atoms with E-state index in [2.05, 4.69) is 26.1 Å². The lowest BCUT2D eigenvalue weighted by atomic mass is 9.73. The molecule has 1 aliphatic heterocycles. The van der Waals surface area contributed by atoms with Gasteiger partial charge in [0.2, 0.25) is 5.91 Å². The summed E-state index contributed by atoms with van der Waals surface area (Å²) in [6.45, 7) is 10.4. The molecule has 0 aromatic carbocycles. The van der Waals surface area contributed by atoms with Crippen molar-refractivity contribution in [1.82, 2.24) is 5.32 Å². The zero-order valence-corrected chi connectivity index (χ0v) is 14.3. The predicted molar refractivity (Wildman–Crippen MR) is 82.3 cm³/mol. The highest BCUT2D eigenvalue weighted by Crippen LogP contribution is 2.36. The van der Waals surface area contributed by atoms with E-state index in [1.165, 1.54) is 0 Å². The van der Waals surface area contributed by atoms with Crippen LogP contribution in [0.1, 0.15) is 60.3 Å². The van der Waals surface area contributed by atoms with Crippen LogP contribution in [0.25, 0.3) is 0 Å². The molecule has 1 amide bonds. The topological polar surface area (TPSA) is 63.2 Å². The van der Waals surface area contributed by atoms with Crippen molar-refractivity contribution in [1.29, 1.82) is 0 Å². The summed E-state index contributed by atoms with van der Waals surface area (Å²) in [5, 5.41) is 3.04. The molecule has 1 heterocycles. The van der Waals surface area contributed by atoms with Gasteiger partial charge in [0.05, 0.1) is 11.5 Å². The van der Waals surface area contributed by atoms with E-state index in [4.69, 9.17) is 0 Å². The first-order valence-electron chi connectivity index (χ1n) is 7.49. The van der Waals surface area contributed by atoms with Crippen LogP contribution in [0, 0.1) is 10.8 Å². The van der Waals surface area contributed by atoms with Crippen molar-refractivity contribution in [3.05, 3.63) is 0 Å². The van der Waals surface area contributed by atoms with Gasteiger partial charge in [0.25, 0.3) is 0 Å². The Hall–Kier alpha value is -0.580. The molecule has 1 saturated heterocycles. The van der Waals surface area contributed by atoms with Crippen LogP contribution in [0.2, 0.25) is 0 Å². The SMILES string of the molecule is CCC(C)(C)CC(C)(C)C(=O)NC1CCS(=O)(=O)CC1. The van der Waals surface area contributed by atoms with Crippen LogP contribution in [-0.4, -0.2) is 31.9 Å². The molecule has 0 radical (unpaired) electrons. The predicted octanol–water partition coefficient (Wildman–Crippen LogP) is 2.53. The van der Waals surface area contributed by atoms with Crippen molar-refractivity contribution in [2.75, 3.05) is 11.5 Å². The molecule has 0 aromatic heterocycles. The molecule has 0 aliphatic carbocycles. The van der Waals surface area contributed by atoms with Gasteiger partial charge in [0.15, 0.2) is 0 Å². The molecule has 0 bridgehead atoms. The fourth-order valence-electron chi connectivity index (χ4n) is 2.82. The van der Waals surface area contributed by atoms with Crippen LogP contribution in [0.4, 0.5) is 0 Å². The fourth-order valence-corrected chi connectivity index (χ4v) is 4.31. The van der Waals surface area contributed by atoms with Crippen LogP contribution < -0.4 is 5.32 Å². The first-order chi connectivity index (χ1) is 8.97. The van der Waals surface area contributed by atoms with E-state index in [1.54, 1.807) is 0 Å². The van der Waals surface area contributed by atoms with Crippen molar-refractivity contribution in [2.24, 2.45) is 10.8 Å². The van der Waals surface area contributed by atoms with Gasteiger partial charge in [-0.1, -0.05) is 41.0 Å². The number of carbonyl (C=O) groups excluding carboxylic acids is 1. The van der Waals surface area contributed by atoms with Gasteiger partial charge in [0, 0.05) is 11.5 Å². The van der Waals surface area contributed by atoms with Crippen molar-refractivity contribution in [3.63, 3.8) is 0 Å². The minimum Gasteiger partial charge on any atom is -0.353 e. The Morgan fingerprint density at radius 3 is 2.10 bits per heavy atom.